The highest BCUT2D eigenvalue weighted by atomic mass is 16.1. The topological polar surface area (TPSA) is 17.1 Å². The van der Waals surface area contributed by atoms with E-state index in [1.807, 2.05) is 0 Å². The van der Waals surface area contributed by atoms with Gasteiger partial charge >= 0.3 is 0 Å². The van der Waals surface area contributed by atoms with Crippen molar-refractivity contribution < 1.29 is 4.79 Å². The van der Waals surface area contributed by atoms with Gasteiger partial charge < -0.3 is 0 Å². The summed E-state index contributed by atoms with van der Waals surface area (Å²) >= 11 is 0. The van der Waals surface area contributed by atoms with Gasteiger partial charge in [0.1, 0.15) is 0 Å². The molecule has 0 saturated heterocycles. The first-order valence-electron chi connectivity index (χ1n) is 7.55. The Morgan fingerprint density at radius 2 is 1.95 bits per heavy atom. The highest BCUT2D eigenvalue weighted by Gasteiger charge is 2.36. The van der Waals surface area contributed by atoms with Gasteiger partial charge in [0.05, 0.1) is 0 Å². The van der Waals surface area contributed by atoms with Crippen molar-refractivity contribution in [3.05, 3.63) is 41.0 Å². The van der Waals surface area contributed by atoms with E-state index in [1.54, 1.807) is 0 Å². The summed E-state index contributed by atoms with van der Waals surface area (Å²) in [6.07, 6.45) is 9.37. The van der Waals surface area contributed by atoms with Crippen LogP contribution in [0, 0.1) is 18.8 Å². The third-order valence-corrected chi connectivity index (χ3v) is 4.73. The minimum Gasteiger partial charge on any atom is -0.294 e. The molecule has 19 heavy (non-hydrogen) atoms. The molecular weight excluding hydrogens is 232 g/mol. The monoisotopic (exact) mass is 254 g/mol. The molecule has 0 spiro atoms. The largest absolute Gasteiger partial charge is 0.294 e. The van der Waals surface area contributed by atoms with Crippen LogP contribution < -0.4 is 0 Å². The summed E-state index contributed by atoms with van der Waals surface area (Å²) < 4.78 is 0. The second-order valence-corrected chi connectivity index (χ2v) is 6.14. The molecule has 1 aromatic rings. The number of carbonyl (C=O) groups is 1. The van der Waals surface area contributed by atoms with Crippen molar-refractivity contribution in [1.82, 2.24) is 0 Å². The molecule has 0 bridgehead atoms. The molecule has 2 fully saturated rings. The van der Waals surface area contributed by atoms with Gasteiger partial charge in [-0.15, -0.1) is 0 Å². The van der Waals surface area contributed by atoms with Crippen LogP contribution in [0.1, 0.15) is 49.7 Å². The Morgan fingerprint density at radius 3 is 2.68 bits per heavy atom. The lowest BCUT2D eigenvalue weighted by Gasteiger charge is -2.15. The van der Waals surface area contributed by atoms with Crippen LogP contribution >= 0.6 is 0 Å². The van der Waals surface area contributed by atoms with Crippen molar-refractivity contribution in [3.8, 4) is 0 Å². The average molecular weight is 254 g/mol. The van der Waals surface area contributed by atoms with E-state index in [2.05, 4.69) is 37.3 Å². The van der Waals surface area contributed by atoms with E-state index in [-0.39, 0.29) is 0 Å². The predicted molar refractivity (Wildman–Crippen MR) is 78.8 cm³/mol. The van der Waals surface area contributed by atoms with Crippen LogP contribution in [0.15, 0.2) is 29.8 Å². The summed E-state index contributed by atoms with van der Waals surface area (Å²) in [5.41, 5.74) is 3.49. The highest BCUT2D eigenvalue weighted by molar-refractivity contribution is 6.03. The van der Waals surface area contributed by atoms with E-state index in [0.717, 1.165) is 18.4 Å². The molecule has 2 aliphatic carbocycles. The molecule has 1 aromatic carbocycles. The molecule has 0 heterocycles. The Kier molecular flexibility index (Phi) is 3.54. The lowest BCUT2D eigenvalue weighted by Crippen LogP contribution is -2.16. The molecule has 1 heteroatoms. The zero-order chi connectivity index (χ0) is 13.2. The lowest BCUT2D eigenvalue weighted by atomic mass is 9.88. The number of allylic oxidation sites excluding steroid dienone is 1. The van der Waals surface area contributed by atoms with Crippen molar-refractivity contribution in [2.24, 2.45) is 11.8 Å². The van der Waals surface area contributed by atoms with Gasteiger partial charge in [-0.05, 0) is 55.7 Å². The van der Waals surface area contributed by atoms with Crippen LogP contribution in [0.4, 0.5) is 0 Å². The van der Waals surface area contributed by atoms with Crippen LogP contribution in [-0.2, 0) is 4.79 Å². The third kappa shape index (κ3) is 2.65. The number of Topliss-reactive ketones (excluding diaryl/α,β-unsaturated/α-hetero) is 1. The first-order chi connectivity index (χ1) is 9.24. The molecule has 0 radical (unpaired) electrons. The van der Waals surface area contributed by atoms with Gasteiger partial charge in [0.2, 0.25) is 0 Å². The molecule has 2 aliphatic rings. The zero-order valence-corrected chi connectivity index (χ0v) is 11.7. The summed E-state index contributed by atoms with van der Waals surface area (Å²) in [5, 5.41) is 0. The SMILES string of the molecule is Cc1cccc(/C=C2\CCC(C3CCCC3)C2=O)c1. The van der Waals surface area contributed by atoms with Gasteiger partial charge in [-0.1, -0.05) is 42.7 Å². The van der Waals surface area contributed by atoms with Crippen LogP contribution in [-0.4, -0.2) is 5.78 Å². The molecule has 1 atom stereocenters. The molecule has 1 unspecified atom stereocenters. The summed E-state index contributed by atoms with van der Waals surface area (Å²) in [6.45, 7) is 2.10. The Balaban J connectivity index is 1.77. The van der Waals surface area contributed by atoms with E-state index in [0.29, 0.717) is 17.6 Å². The Hall–Kier alpha value is -1.37. The molecule has 0 aliphatic heterocycles. The smallest absolute Gasteiger partial charge is 0.162 e. The number of aryl methyl sites for hydroxylation is 1. The Labute approximate surface area is 115 Å². The zero-order valence-electron chi connectivity index (χ0n) is 11.7. The summed E-state index contributed by atoms with van der Waals surface area (Å²) in [4.78, 5) is 12.5. The van der Waals surface area contributed by atoms with Crippen molar-refractivity contribution >= 4 is 11.9 Å². The highest BCUT2D eigenvalue weighted by Crippen LogP contribution is 2.40. The number of benzene rings is 1. The molecule has 0 N–H and O–H groups in total. The first kappa shape index (κ1) is 12.7. The number of carbonyl (C=O) groups excluding carboxylic acids is 1. The second kappa shape index (κ2) is 5.32. The minimum atomic E-state index is 0.332. The fourth-order valence-electron chi connectivity index (χ4n) is 3.72. The predicted octanol–water partition coefficient (Wildman–Crippen LogP) is 4.55. The van der Waals surface area contributed by atoms with Gasteiger partial charge in [0.25, 0.3) is 0 Å². The number of hydrogen-bond donors (Lipinski definition) is 0. The second-order valence-electron chi connectivity index (χ2n) is 6.14. The number of rotatable bonds is 2. The lowest BCUT2D eigenvalue weighted by molar-refractivity contribution is -0.119. The molecule has 1 nitrogen and oxygen atoms in total. The standard InChI is InChI=1S/C18H22O/c1-13-5-4-6-14(11-13)12-16-9-10-17(18(16)19)15-7-2-3-8-15/h4-6,11-12,15,17H,2-3,7-10H2,1H3/b16-12+. The van der Waals surface area contributed by atoms with Gasteiger partial charge in [0.15, 0.2) is 5.78 Å². The normalized spacial score (nSPS) is 26.5. The molecule has 0 amide bonds. The summed E-state index contributed by atoms with van der Waals surface area (Å²) in [5.74, 6) is 1.45. The third-order valence-electron chi connectivity index (χ3n) is 4.73. The maximum Gasteiger partial charge on any atom is 0.162 e. The number of hydrogen-bond acceptors (Lipinski definition) is 1. The summed E-state index contributed by atoms with van der Waals surface area (Å²) in [6, 6.07) is 8.41. The van der Waals surface area contributed by atoms with E-state index in [1.165, 1.54) is 36.8 Å². The van der Waals surface area contributed by atoms with Crippen LogP contribution in [0.5, 0.6) is 0 Å². The average Bonchev–Trinajstić information content (AvgIpc) is 3.01. The summed E-state index contributed by atoms with van der Waals surface area (Å²) in [7, 11) is 0. The molecule has 0 aromatic heterocycles. The van der Waals surface area contributed by atoms with Gasteiger partial charge in [-0.3, -0.25) is 4.79 Å². The quantitative estimate of drug-likeness (QED) is 0.708. The van der Waals surface area contributed by atoms with Crippen molar-refractivity contribution in [2.75, 3.05) is 0 Å². The fraction of sp³-hybridized carbons (Fsp3) is 0.500. The van der Waals surface area contributed by atoms with Gasteiger partial charge in [-0.25, -0.2) is 0 Å². The molecular formula is C18H22O. The van der Waals surface area contributed by atoms with Crippen LogP contribution in [0.3, 0.4) is 0 Å². The van der Waals surface area contributed by atoms with E-state index in [4.69, 9.17) is 0 Å². The Bertz CT molecular complexity index is 506. The Morgan fingerprint density at radius 1 is 1.16 bits per heavy atom. The molecule has 2 saturated carbocycles. The first-order valence-corrected chi connectivity index (χ1v) is 7.55. The van der Waals surface area contributed by atoms with Crippen molar-refractivity contribution in [3.63, 3.8) is 0 Å². The van der Waals surface area contributed by atoms with E-state index < -0.39 is 0 Å². The van der Waals surface area contributed by atoms with E-state index in [9.17, 15) is 4.79 Å². The maximum absolute atomic E-state index is 12.5. The van der Waals surface area contributed by atoms with Crippen molar-refractivity contribution in [1.29, 1.82) is 0 Å². The van der Waals surface area contributed by atoms with Gasteiger partial charge in [-0.2, -0.15) is 0 Å². The van der Waals surface area contributed by atoms with Crippen LogP contribution in [0.2, 0.25) is 0 Å². The van der Waals surface area contributed by atoms with Crippen molar-refractivity contribution in [2.45, 2.75) is 45.4 Å². The van der Waals surface area contributed by atoms with Crippen LogP contribution in [0.25, 0.3) is 6.08 Å². The van der Waals surface area contributed by atoms with Gasteiger partial charge in [0, 0.05) is 5.92 Å². The fourth-order valence-corrected chi connectivity index (χ4v) is 3.72. The maximum atomic E-state index is 12.5. The number of ketones is 1. The molecule has 3 rings (SSSR count). The minimum absolute atomic E-state index is 0.332. The molecule has 100 valence electrons. The van der Waals surface area contributed by atoms with E-state index >= 15 is 0 Å².